The van der Waals surface area contributed by atoms with Gasteiger partial charge >= 0.3 is 6.03 Å². The van der Waals surface area contributed by atoms with Crippen LogP contribution < -0.4 is 10.6 Å². The Morgan fingerprint density at radius 3 is 2.07 bits per heavy atom. The minimum atomic E-state index is -0.269. The van der Waals surface area contributed by atoms with Crippen molar-refractivity contribution in [3.8, 4) is 5.69 Å². The lowest BCUT2D eigenvalue weighted by Crippen LogP contribution is -2.44. The Labute approximate surface area is 247 Å². The van der Waals surface area contributed by atoms with E-state index >= 15 is 0 Å². The van der Waals surface area contributed by atoms with Gasteiger partial charge in [-0.05, 0) is 76.8 Å². The largest absolute Gasteiger partial charge is 0.338 e. The van der Waals surface area contributed by atoms with Gasteiger partial charge in [-0.2, -0.15) is 5.10 Å². The van der Waals surface area contributed by atoms with Crippen LogP contribution in [0.2, 0.25) is 0 Å². The van der Waals surface area contributed by atoms with E-state index in [1.54, 1.807) is 12.1 Å². The van der Waals surface area contributed by atoms with Crippen molar-refractivity contribution < 1.29 is 9.18 Å². The second-order valence-corrected chi connectivity index (χ2v) is 12.1. The molecule has 1 heterocycles. The summed E-state index contributed by atoms with van der Waals surface area (Å²) in [5.74, 6) is 0.408. The van der Waals surface area contributed by atoms with Crippen molar-refractivity contribution >= 4 is 16.9 Å². The second kappa shape index (κ2) is 12.6. The maximum Gasteiger partial charge on any atom is 0.315 e. The molecule has 0 aliphatic carbocycles. The van der Waals surface area contributed by atoms with Gasteiger partial charge in [0.2, 0.25) is 0 Å². The molecule has 5 aromatic rings. The maximum absolute atomic E-state index is 13.5. The second-order valence-electron chi connectivity index (χ2n) is 12.1. The molecule has 0 spiro atoms. The van der Waals surface area contributed by atoms with Crippen LogP contribution in [0.3, 0.4) is 0 Å². The normalized spacial score (nSPS) is 12.5. The highest BCUT2D eigenvalue weighted by molar-refractivity contribution is 5.81. The fourth-order valence-electron chi connectivity index (χ4n) is 5.70. The van der Waals surface area contributed by atoms with Gasteiger partial charge in [-0.25, -0.2) is 13.9 Å². The fourth-order valence-corrected chi connectivity index (χ4v) is 5.70. The van der Waals surface area contributed by atoms with Crippen LogP contribution in [0.15, 0.2) is 109 Å². The molecule has 1 atom stereocenters. The third kappa shape index (κ3) is 6.71. The SMILES string of the molecule is CC(C)CC(c1ccc2c(cnn2-c2ccc(F)cc2)c1)C(C)(C)CNC(=O)NC(c1ccccc1)c1ccccc1. The predicted octanol–water partition coefficient (Wildman–Crippen LogP) is 8.41. The Bertz CT molecular complexity index is 1570. The van der Waals surface area contributed by atoms with Crippen LogP contribution in [0.4, 0.5) is 9.18 Å². The number of urea groups is 1. The quantitative estimate of drug-likeness (QED) is 0.180. The van der Waals surface area contributed by atoms with Gasteiger partial charge < -0.3 is 10.6 Å². The van der Waals surface area contributed by atoms with E-state index in [0.29, 0.717) is 12.5 Å². The molecule has 6 heteroatoms. The number of hydrogen-bond acceptors (Lipinski definition) is 2. The molecule has 0 radical (unpaired) electrons. The molecule has 1 aromatic heterocycles. The summed E-state index contributed by atoms with van der Waals surface area (Å²) in [6, 6.07) is 32.5. The molecule has 0 saturated heterocycles. The Hall–Kier alpha value is -4.45. The first kappa shape index (κ1) is 29.1. The van der Waals surface area contributed by atoms with E-state index in [9.17, 15) is 9.18 Å². The fraction of sp³-hybridized carbons (Fsp3) is 0.278. The van der Waals surface area contributed by atoms with E-state index in [1.165, 1.54) is 17.7 Å². The average Bonchev–Trinajstić information content (AvgIpc) is 3.42. The number of carbonyl (C=O) groups is 1. The summed E-state index contributed by atoms with van der Waals surface area (Å²) in [6.07, 6.45) is 2.84. The average molecular weight is 563 g/mol. The molecule has 5 rings (SSSR count). The van der Waals surface area contributed by atoms with Gasteiger partial charge in [0.05, 0.1) is 23.4 Å². The topological polar surface area (TPSA) is 59.0 Å². The van der Waals surface area contributed by atoms with Crippen LogP contribution in [0.25, 0.3) is 16.6 Å². The van der Waals surface area contributed by atoms with Gasteiger partial charge in [0, 0.05) is 11.9 Å². The maximum atomic E-state index is 13.5. The minimum absolute atomic E-state index is 0.194. The van der Waals surface area contributed by atoms with Crippen molar-refractivity contribution in [3.63, 3.8) is 0 Å². The van der Waals surface area contributed by atoms with Crippen LogP contribution >= 0.6 is 0 Å². The molecular weight excluding hydrogens is 523 g/mol. The lowest BCUT2D eigenvalue weighted by Gasteiger charge is -2.36. The first-order chi connectivity index (χ1) is 20.2. The molecule has 0 bridgehead atoms. The number of carbonyl (C=O) groups excluding carboxylic acids is 1. The van der Waals surface area contributed by atoms with Gasteiger partial charge in [-0.1, -0.05) is 94.4 Å². The number of aromatic nitrogens is 2. The molecule has 0 fully saturated rings. The highest BCUT2D eigenvalue weighted by Gasteiger charge is 2.32. The van der Waals surface area contributed by atoms with Crippen LogP contribution in [0.1, 0.15) is 62.8 Å². The summed E-state index contributed by atoms with van der Waals surface area (Å²) in [5.41, 5.74) is 4.84. The lowest BCUT2D eigenvalue weighted by atomic mass is 9.71. The number of fused-ring (bicyclic) bond motifs is 1. The number of rotatable bonds is 10. The molecule has 4 aromatic carbocycles. The smallest absolute Gasteiger partial charge is 0.315 e. The van der Waals surface area contributed by atoms with E-state index in [-0.39, 0.29) is 29.2 Å². The zero-order valence-corrected chi connectivity index (χ0v) is 24.7. The van der Waals surface area contributed by atoms with E-state index < -0.39 is 0 Å². The Kier molecular flexibility index (Phi) is 8.72. The van der Waals surface area contributed by atoms with Gasteiger partial charge in [0.25, 0.3) is 0 Å². The Balaban J connectivity index is 1.34. The highest BCUT2D eigenvalue weighted by Crippen LogP contribution is 2.41. The molecule has 0 aliphatic heterocycles. The zero-order chi connectivity index (χ0) is 29.7. The van der Waals surface area contributed by atoms with Crippen molar-refractivity contribution in [2.45, 2.75) is 46.1 Å². The van der Waals surface area contributed by atoms with Gasteiger partial charge in [0.1, 0.15) is 5.82 Å². The van der Waals surface area contributed by atoms with Crippen molar-refractivity contribution in [1.29, 1.82) is 0 Å². The number of nitrogens with one attached hydrogen (secondary N) is 2. The van der Waals surface area contributed by atoms with Crippen molar-refractivity contribution in [1.82, 2.24) is 20.4 Å². The monoisotopic (exact) mass is 562 g/mol. The molecular formula is C36H39FN4O. The summed E-state index contributed by atoms with van der Waals surface area (Å²) >= 11 is 0. The predicted molar refractivity (Wildman–Crippen MR) is 168 cm³/mol. The number of benzene rings is 4. The summed E-state index contributed by atoms with van der Waals surface area (Å²) in [7, 11) is 0. The first-order valence-electron chi connectivity index (χ1n) is 14.6. The first-order valence-corrected chi connectivity index (χ1v) is 14.6. The molecule has 0 saturated carbocycles. The Morgan fingerprint density at radius 1 is 0.857 bits per heavy atom. The molecule has 2 amide bonds. The number of hydrogen-bond donors (Lipinski definition) is 2. The summed E-state index contributed by atoms with van der Waals surface area (Å²) in [4.78, 5) is 13.3. The van der Waals surface area contributed by atoms with Crippen molar-refractivity contribution in [2.24, 2.45) is 11.3 Å². The highest BCUT2D eigenvalue weighted by atomic mass is 19.1. The van der Waals surface area contributed by atoms with Crippen molar-refractivity contribution in [3.05, 3.63) is 132 Å². The van der Waals surface area contributed by atoms with Crippen LogP contribution in [0, 0.1) is 17.2 Å². The number of amides is 2. The molecule has 2 N–H and O–H groups in total. The van der Waals surface area contributed by atoms with Crippen LogP contribution in [-0.4, -0.2) is 22.4 Å². The standard InChI is InChI=1S/C36H39FN4O/c1-25(2)21-32(28-15-20-33-29(22-28)23-39-41(33)31-18-16-30(37)17-19-31)36(3,4)24-38-35(42)40-34(26-11-7-5-8-12-26)27-13-9-6-10-14-27/h5-20,22-23,25,32,34H,21,24H2,1-4H3,(H2,38,40,42). The molecule has 216 valence electrons. The van der Waals surface area contributed by atoms with E-state index in [2.05, 4.69) is 61.6 Å². The van der Waals surface area contributed by atoms with E-state index in [1.807, 2.05) is 71.5 Å². The third-order valence-electron chi connectivity index (χ3n) is 7.96. The number of halogens is 1. The van der Waals surface area contributed by atoms with Crippen LogP contribution in [0.5, 0.6) is 0 Å². The lowest BCUT2D eigenvalue weighted by molar-refractivity contribution is 0.216. The molecule has 0 aliphatic rings. The van der Waals surface area contributed by atoms with Crippen LogP contribution in [-0.2, 0) is 0 Å². The summed E-state index contributed by atoms with van der Waals surface area (Å²) < 4.78 is 15.3. The van der Waals surface area contributed by atoms with E-state index in [4.69, 9.17) is 0 Å². The third-order valence-corrected chi connectivity index (χ3v) is 7.96. The minimum Gasteiger partial charge on any atom is -0.338 e. The Morgan fingerprint density at radius 2 is 1.48 bits per heavy atom. The molecule has 5 nitrogen and oxygen atoms in total. The van der Waals surface area contributed by atoms with Gasteiger partial charge in [-0.15, -0.1) is 0 Å². The van der Waals surface area contributed by atoms with Gasteiger partial charge in [-0.3, -0.25) is 0 Å². The van der Waals surface area contributed by atoms with Gasteiger partial charge in [0.15, 0.2) is 0 Å². The summed E-state index contributed by atoms with van der Waals surface area (Å²) in [5, 5.41) is 12.0. The van der Waals surface area contributed by atoms with Crippen molar-refractivity contribution in [2.75, 3.05) is 6.54 Å². The van der Waals surface area contributed by atoms with E-state index in [0.717, 1.165) is 34.1 Å². The number of nitrogens with zero attached hydrogens (tertiary/aromatic N) is 2. The zero-order valence-electron chi connectivity index (χ0n) is 24.7. The summed E-state index contributed by atoms with van der Waals surface area (Å²) in [6.45, 7) is 9.42. The molecule has 42 heavy (non-hydrogen) atoms. The molecule has 1 unspecified atom stereocenters.